The second-order valence-corrected chi connectivity index (χ2v) is 13.9. The Kier molecular flexibility index (Phi) is 6.94. The summed E-state index contributed by atoms with van der Waals surface area (Å²) in [5.41, 5.74) is 1.60. The molecule has 1 aromatic rings. The summed E-state index contributed by atoms with van der Waals surface area (Å²) in [7, 11) is -1.81. The number of rotatable bonds is 6. The van der Waals surface area contributed by atoms with E-state index in [1.165, 1.54) is 4.90 Å². The van der Waals surface area contributed by atoms with Gasteiger partial charge >= 0.3 is 6.09 Å². The first-order valence-corrected chi connectivity index (χ1v) is 12.7. The van der Waals surface area contributed by atoms with E-state index in [-0.39, 0.29) is 11.6 Å². The van der Waals surface area contributed by atoms with Gasteiger partial charge in [0.25, 0.3) is 0 Å². The summed E-state index contributed by atoms with van der Waals surface area (Å²) in [5, 5.41) is 20.7. The zero-order valence-corrected chi connectivity index (χ0v) is 18.6. The fraction of sp³-hybridized carbons (Fsp3) is 0.684. The highest BCUT2D eigenvalue weighted by Crippen LogP contribution is 2.36. The van der Waals surface area contributed by atoms with Crippen LogP contribution in [0.1, 0.15) is 44.9 Å². The van der Waals surface area contributed by atoms with Crippen LogP contribution in [0.25, 0.3) is 0 Å². The summed E-state index contributed by atoms with van der Waals surface area (Å²) in [6.45, 7) is 11.8. The molecule has 2 rings (SSSR count). The predicted octanol–water partition coefficient (Wildman–Crippen LogP) is 4.30. The molecule has 1 aliphatic rings. The number of hydrogen-bond donors (Lipinski definition) is 2. The lowest BCUT2D eigenvalue weighted by atomic mass is 9.93. The monoisotopic (exact) mass is 414 g/mol. The van der Waals surface area contributed by atoms with Crippen molar-refractivity contribution in [2.75, 3.05) is 6.61 Å². The van der Waals surface area contributed by atoms with Crippen LogP contribution in [0.5, 0.6) is 0 Å². The fourth-order valence-corrected chi connectivity index (χ4v) is 4.27. The molecule has 0 saturated carbocycles. The van der Waals surface area contributed by atoms with Gasteiger partial charge < -0.3 is 14.6 Å². The van der Waals surface area contributed by atoms with E-state index in [1.807, 2.05) is 0 Å². The molecule has 6 nitrogen and oxygen atoms in total. The minimum atomic E-state index is -1.81. The van der Waals surface area contributed by atoms with Crippen LogP contribution in [0.2, 0.25) is 23.3 Å². The maximum absolute atomic E-state index is 11.7. The van der Waals surface area contributed by atoms with Gasteiger partial charge in [-0.05, 0) is 42.6 Å². The van der Waals surface area contributed by atoms with Crippen molar-refractivity contribution >= 4 is 26.0 Å². The van der Waals surface area contributed by atoms with Crippen LogP contribution >= 0.6 is 11.6 Å². The van der Waals surface area contributed by atoms with Gasteiger partial charge in [0, 0.05) is 18.7 Å². The summed E-state index contributed by atoms with van der Waals surface area (Å²) in [6, 6.07) is 2.94. The van der Waals surface area contributed by atoms with E-state index in [4.69, 9.17) is 16.0 Å². The van der Waals surface area contributed by atoms with Crippen LogP contribution in [0.15, 0.2) is 12.1 Å². The van der Waals surface area contributed by atoms with E-state index >= 15 is 0 Å². The molecule has 1 aliphatic heterocycles. The topological polar surface area (TPSA) is 82.9 Å². The SMILES string of the molecule is CC(C)(C)[Si](C)(C)OCCCC(O)C1Cc2nc(Cl)ccc2CN1C(=O)O. The van der Waals surface area contributed by atoms with Gasteiger partial charge in [-0.15, -0.1) is 0 Å². The molecule has 2 heterocycles. The Balaban J connectivity index is 1.97. The highest BCUT2D eigenvalue weighted by Gasteiger charge is 2.38. The van der Waals surface area contributed by atoms with Crippen LogP contribution in [0.3, 0.4) is 0 Å². The van der Waals surface area contributed by atoms with E-state index in [2.05, 4.69) is 38.8 Å². The molecule has 0 bridgehead atoms. The van der Waals surface area contributed by atoms with Crippen molar-refractivity contribution in [2.45, 2.75) is 76.9 Å². The lowest BCUT2D eigenvalue weighted by Gasteiger charge is -2.38. The number of hydrogen-bond acceptors (Lipinski definition) is 4. The Morgan fingerprint density at radius 3 is 2.70 bits per heavy atom. The molecule has 2 atom stereocenters. The second-order valence-electron chi connectivity index (χ2n) is 8.74. The van der Waals surface area contributed by atoms with Crippen molar-refractivity contribution in [3.8, 4) is 0 Å². The highest BCUT2D eigenvalue weighted by molar-refractivity contribution is 6.74. The van der Waals surface area contributed by atoms with Crippen molar-refractivity contribution in [2.24, 2.45) is 0 Å². The van der Waals surface area contributed by atoms with Crippen LogP contribution in [0.4, 0.5) is 4.79 Å². The summed E-state index contributed by atoms with van der Waals surface area (Å²) in [6.07, 6.45) is -0.256. The smallest absolute Gasteiger partial charge is 0.407 e. The molecule has 0 aliphatic carbocycles. The predicted molar refractivity (Wildman–Crippen MR) is 109 cm³/mol. The van der Waals surface area contributed by atoms with E-state index < -0.39 is 26.6 Å². The third-order valence-corrected chi connectivity index (χ3v) is 10.5. The Bertz CT molecular complexity index is 678. The van der Waals surface area contributed by atoms with Gasteiger partial charge in [-0.3, -0.25) is 4.90 Å². The summed E-state index contributed by atoms with van der Waals surface area (Å²) in [4.78, 5) is 17.3. The van der Waals surface area contributed by atoms with E-state index in [0.717, 1.165) is 11.3 Å². The zero-order chi connectivity index (χ0) is 20.4. The molecule has 1 amide bonds. The second kappa shape index (κ2) is 8.47. The van der Waals surface area contributed by atoms with Gasteiger partial charge in [0.2, 0.25) is 0 Å². The molecule has 152 valence electrons. The lowest BCUT2D eigenvalue weighted by Crippen LogP contribution is -2.50. The summed E-state index contributed by atoms with van der Waals surface area (Å²) < 4.78 is 6.15. The van der Waals surface area contributed by atoms with Crippen molar-refractivity contribution in [3.63, 3.8) is 0 Å². The van der Waals surface area contributed by atoms with Crippen LogP contribution in [-0.4, -0.2) is 53.3 Å². The molecular weight excluding hydrogens is 384 g/mol. The van der Waals surface area contributed by atoms with Crippen molar-refractivity contribution in [1.82, 2.24) is 9.88 Å². The van der Waals surface area contributed by atoms with E-state index in [1.54, 1.807) is 12.1 Å². The average Bonchev–Trinajstić information content (AvgIpc) is 2.56. The minimum Gasteiger partial charge on any atom is -0.465 e. The first-order chi connectivity index (χ1) is 12.4. The standard InChI is InChI=1S/C19H31ClN2O4Si/c1-19(2,3)27(4,5)26-10-6-7-16(23)15-11-14-13(8-9-17(20)21-14)12-22(15)18(24)25/h8-9,15-16,23H,6-7,10-12H2,1-5H3,(H,24,25). The number of carboxylic acid groups (broad SMARTS) is 1. The number of halogens is 1. The average molecular weight is 415 g/mol. The molecule has 0 fully saturated rings. The Hall–Kier alpha value is -1.15. The Morgan fingerprint density at radius 2 is 2.11 bits per heavy atom. The number of aliphatic hydroxyl groups is 1. The molecule has 8 heteroatoms. The number of fused-ring (bicyclic) bond motifs is 1. The van der Waals surface area contributed by atoms with E-state index in [0.29, 0.717) is 31.0 Å². The third kappa shape index (κ3) is 5.44. The van der Waals surface area contributed by atoms with Gasteiger partial charge in [-0.2, -0.15) is 0 Å². The first kappa shape index (κ1) is 22.1. The maximum Gasteiger partial charge on any atom is 0.407 e. The number of amides is 1. The molecule has 1 aromatic heterocycles. The zero-order valence-electron chi connectivity index (χ0n) is 16.8. The summed E-state index contributed by atoms with van der Waals surface area (Å²) in [5.74, 6) is 0. The third-order valence-electron chi connectivity index (χ3n) is 5.78. The molecule has 0 saturated heterocycles. The molecule has 27 heavy (non-hydrogen) atoms. The highest BCUT2D eigenvalue weighted by atomic mass is 35.5. The quantitative estimate of drug-likeness (QED) is 0.412. The largest absolute Gasteiger partial charge is 0.465 e. The van der Waals surface area contributed by atoms with Crippen molar-refractivity contribution < 1.29 is 19.4 Å². The first-order valence-electron chi connectivity index (χ1n) is 9.38. The number of nitrogens with zero attached hydrogens (tertiary/aromatic N) is 2. The van der Waals surface area contributed by atoms with Gasteiger partial charge in [0.1, 0.15) is 5.15 Å². The van der Waals surface area contributed by atoms with Gasteiger partial charge in [-0.1, -0.05) is 38.4 Å². The van der Waals surface area contributed by atoms with E-state index in [9.17, 15) is 15.0 Å². The number of carbonyl (C=O) groups is 1. The van der Waals surface area contributed by atoms with Crippen molar-refractivity contribution in [1.29, 1.82) is 0 Å². The molecular formula is C19H31ClN2O4Si. The molecule has 0 radical (unpaired) electrons. The van der Waals surface area contributed by atoms with Crippen molar-refractivity contribution in [3.05, 3.63) is 28.5 Å². The van der Waals surface area contributed by atoms with Crippen LogP contribution in [0, 0.1) is 0 Å². The Morgan fingerprint density at radius 1 is 1.44 bits per heavy atom. The number of pyridine rings is 1. The lowest BCUT2D eigenvalue weighted by molar-refractivity contribution is 0.0307. The molecule has 2 unspecified atom stereocenters. The van der Waals surface area contributed by atoms with Crippen LogP contribution < -0.4 is 0 Å². The molecule has 0 spiro atoms. The van der Waals surface area contributed by atoms with Gasteiger partial charge in [-0.25, -0.2) is 9.78 Å². The Labute approximate surface area is 167 Å². The number of aromatic nitrogens is 1. The minimum absolute atomic E-state index is 0.143. The van der Waals surface area contributed by atoms with Gasteiger partial charge in [0.05, 0.1) is 18.7 Å². The summed E-state index contributed by atoms with van der Waals surface area (Å²) >= 11 is 5.97. The normalized spacial score (nSPS) is 18.9. The molecule has 2 N–H and O–H groups in total. The fourth-order valence-electron chi connectivity index (χ4n) is 3.02. The van der Waals surface area contributed by atoms with Crippen LogP contribution in [-0.2, 0) is 17.4 Å². The maximum atomic E-state index is 11.7. The molecule has 0 aromatic carbocycles. The van der Waals surface area contributed by atoms with Gasteiger partial charge in [0.15, 0.2) is 8.32 Å². The number of aliphatic hydroxyl groups excluding tert-OH is 1.